The Hall–Kier alpha value is -2.79. The van der Waals surface area contributed by atoms with Gasteiger partial charge in [-0.25, -0.2) is 9.97 Å². The molecule has 2 aromatic rings. The van der Waals surface area contributed by atoms with Crippen LogP contribution in [-0.4, -0.2) is 56.8 Å². The molecule has 0 amide bonds. The van der Waals surface area contributed by atoms with E-state index in [0.29, 0.717) is 24.1 Å². The topological polar surface area (TPSA) is 174 Å². The lowest BCUT2D eigenvalue weighted by molar-refractivity contribution is -0.149. The van der Waals surface area contributed by atoms with Gasteiger partial charge in [0.15, 0.2) is 5.65 Å². The Morgan fingerprint density at radius 3 is 2.61 bits per heavy atom. The Morgan fingerprint density at radius 1 is 1.25 bits per heavy atom. The number of ether oxygens (including phenoxy) is 2. The maximum absolute atomic E-state index is 11.8. The van der Waals surface area contributed by atoms with E-state index in [9.17, 15) is 9.59 Å². The molecule has 0 spiro atoms. The fourth-order valence-corrected chi connectivity index (χ4v) is 3.07. The number of rotatable bonds is 8. The number of hydrogen-bond donors (Lipinski definition) is 3. The van der Waals surface area contributed by atoms with E-state index in [2.05, 4.69) is 15.0 Å². The largest absolute Gasteiger partial charge is 0.464 e. The number of esters is 2. The van der Waals surface area contributed by atoms with Crippen molar-refractivity contribution in [1.82, 2.24) is 19.5 Å². The van der Waals surface area contributed by atoms with Crippen LogP contribution in [0.3, 0.4) is 0 Å². The summed E-state index contributed by atoms with van der Waals surface area (Å²) in [7, 11) is 0. The molecule has 1 aliphatic carbocycles. The number of imidazole rings is 1. The summed E-state index contributed by atoms with van der Waals surface area (Å²) in [5.74, 6) is -0.806. The van der Waals surface area contributed by atoms with Crippen molar-refractivity contribution in [3.63, 3.8) is 0 Å². The number of aromatic nitrogens is 4. The second-order valence-electron chi connectivity index (χ2n) is 7.39. The summed E-state index contributed by atoms with van der Waals surface area (Å²) in [6.45, 7) is 3.93. The van der Waals surface area contributed by atoms with Gasteiger partial charge < -0.3 is 31.2 Å². The molecule has 3 rings (SSSR count). The first-order chi connectivity index (χ1) is 13.2. The highest BCUT2D eigenvalue weighted by atomic mass is 16.5. The molecule has 0 aromatic carbocycles. The normalized spacial score (nSPS) is 23.2. The Balaban J connectivity index is 1.76. The molecule has 6 N–H and O–H groups in total. The van der Waals surface area contributed by atoms with Crippen LogP contribution in [0.25, 0.3) is 11.2 Å². The van der Waals surface area contributed by atoms with E-state index >= 15 is 0 Å². The molecule has 2 unspecified atom stereocenters. The van der Waals surface area contributed by atoms with Crippen molar-refractivity contribution in [1.29, 1.82) is 0 Å². The molecule has 0 saturated heterocycles. The molecular weight excluding hydrogens is 366 g/mol. The monoisotopic (exact) mass is 391 g/mol. The maximum atomic E-state index is 11.8. The van der Waals surface area contributed by atoms with Crippen LogP contribution in [-0.2, 0) is 25.6 Å². The van der Waals surface area contributed by atoms with E-state index in [1.165, 1.54) is 0 Å². The van der Waals surface area contributed by atoms with E-state index in [0.717, 1.165) is 0 Å². The third kappa shape index (κ3) is 4.20. The van der Waals surface area contributed by atoms with Gasteiger partial charge in [-0.2, -0.15) is 4.98 Å². The molecule has 28 heavy (non-hydrogen) atoms. The summed E-state index contributed by atoms with van der Waals surface area (Å²) in [4.78, 5) is 35.9. The van der Waals surface area contributed by atoms with Crippen LogP contribution in [0.4, 0.5) is 5.95 Å². The second kappa shape index (κ2) is 7.68. The van der Waals surface area contributed by atoms with E-state index in [-0.39, 0.29) is 25.1 Å². The summed E-state index contributed by atoms with van der Waals surface area (Å²) in [5, 5.41) is 0. The first kappa shape index (κ1) is 20.0. The van der Waals surface area contributed by atoms with Gasteiger partial charge in [0.1, 0.15) is 17.6 Å². The number of carbonyl (C=O) groups is 2. The van der Waals surface area contributed by atoms with Gasteiger partial charge in [-0.3, -0.25) is 9.59 Å². The number of carbonyl (C=O) groups excluding carboxylic acids is 2. The van der Waals surface area contributed by atoms with E-state index in [4.69, 9.17) is 26.7 Å². The molecule has 4 atom stereocenters. The number of nitrogen functional groups attached to an aromatic ring is 1. The lowest BCUT2D eigenvalue weighted by Gasteiger charge is -2.19. The van der Waals surface area contributed by atoms with Crippen molar-refractivity contribution in [2.75, 3.05) is 18.9 Å². The minimum Gasteiger partial charge on any atom is -0.464 e. The van der Waals surface area contributed by atoms with Gasteiger partial charge in [0.25, 0.3) is 0 Å². The van der Waals surface area contributed by atoms with Crippen molar-refractivity contribution < 1.29 is 19.1 Å². The highest BCUT2D eigenvalue weighted by Crippen LogP contribution is 2.54. The lowest BCUT2D eigenvalue weighted by Crippen LogP contribution is -2.33. The van der Waals surface area contributed by atoms with Gasteiger partial charge >= 0.3 is 11.9 Å². The Labute approximate surface area is 161 Å². The zero-order valence-corrected chi connectivity index (χ0v) is 15.9. The smallest absolute Gasteiger partial charge is 0.322 e. The number of nitrogens with zero attached hydrogens (tertiary/aromatic N) is 4. The van der Waals surface area contributed by atoms with E-state index in [1.54, 1.807) is 26.4 Å². The van der Waals surface area contributed by atoms with Crippen molar-refractivity contribution in [2.24, 2.45) is 22.8 Å². The molecule has 152 valence electrons. The third-order valence-electron chi connectivity index (χ3n) is 4.89. The fourth-order valence-electron chi connectivity index (χ4n) is 3.07. The summed E-state index contributed by atoms with van der Waals surface area (Å²) in [6.07, 6.45) is 3.88. The minimum atomic E-state index is -0.716. The van der Waals surface area contributed by atoms with Gasteiger partial charge in [0.05, 0.1) is 25.7 Å². The Bertz CT molecular complexity index is 882. The summed E-state index contributed by atoms with van der Waals surface area (Å²) >= 11 is 0. The van der Waals surface area contributed by atoms with Crippen LogP contribution in [0, 0.1) is 11.3 Å². The molecular formula is C17H25N7O4. The molecule has 1 saturated carbocycles. The van der Waals surface area contributed by atoms with Crippen LogP contribution in [0.1, 0.15) is 20.3 Å². The van der Waals surface area contributed by atoms with Crippen molar-refractivity contribution in [3.05, 3.63) is 12.5 Å². The highest BCUT2D eigenvalue weighted by molar-refractivity contribution is 5.75. The zero-order chi connectivity index (χ0) is 20.5. The minimum absolute atomic E-state index is 0.00714. The number of anilines is 1. The molecule has 1 aliphatic rings. The summed E-state index contributed by atoms with van der Waals surface area (Å²) < 4.78 is 12.5. The van der Waals surface area contributed by atoms with Gasteiger partial charge in [0, 0.05) is 17.9 Å². The predicted octanol–water partition coefficient (Wildman–Crippen LogP) is -0.804. The average Bonchev–Trinajstić information content (AvgIpc) is 3.19. The standard InChI is InChI=1S/C17H25N7O4/c1-9(18)14(25)27-5-11-3-17(11,7-28-15(26)10(2)19)6-24-8-22-12-4-21-16(20)23-13(12)24/h4,8-11H,3,5-7,18-19H2,1-2H3,(H2,20,21,23)/t9-,10-,11?,17?/m0/s1. The van der Waals surface area contributed by atoms with Gasteiger partial charge in [-0.1, -0.05) is 0 Å². The molecule has 2 aromatic heterocycles. The number of fused-ring (bicyclic) bond motifs is 1. The van der Waals surface area contributed by atoms with Gasteiger partial charge in [-0.15, -0.1) is 0 Å². The van der Waals surface area contributed by atoms with Gasteiger partial charge in [0.2, 0.25) is 5.95 Å². The highest BCUT2D eigenvalue weighted by Gasteiger charge is 2.56. The Morgan fingerprint density at radius 2 is 1.93 bits per heavy atom. The molecule has 0 aliphatic heterocycles. The van der Waals surface area contributed by atoms with Crippen molar-refractivity contribution >= 4 is 29.1 Å². The molecule has 2 heterocycles. The van der Waals surface area contributed by atoms with Crippen LogP contribution in [0.2, 0.25) is 0 Å². The average molecular weight is 391 g/mol. The summed E-state index contributed by atoms with van der Waals surface area (Å²) in [5.41, 5.74) is 17.6. The van der Waals surface area contributed by atoms with Crippen LogP contribution < -0.4 is 17.2 Å². The van der Waals surface area contributed by atoms with Crippen LogP contribution in [0.5, 0.6) is 0 Å². The lowest BCUT2D eigenvalue weighted by atomic mass is 10.1. The molecule has 1 fully saturated rings. The summed E-state index contributed by atoms with van der Waals surface area (Å²) in [6, 6.07) is -1.41. The van der Waals surface area contributed by atoms with Crippen molar-refractivity contribution in [2.45, 2.75) is 38.9 Å². The fraction of sp³-hybridized carbons (Fsp3) is 0.588. The zero-order valence-electron chi connectivity index (χ0n) is 15.9. The molecule has 0 radical (unpaired) electrons. The van der Waals surface area contributed by atoms with E-state index < -0.39 is 29.4 Å². The SMILES string of the molecule is C[C@H](N)C(=O)OCC1CC1(COC(=O)[C@H](C)N)Cn1cnc2cnc(N)nc21. The van der Waals surface area contributed by atoms with Crippen LogP contribution >= 0.6 is 0 Å². The first-order valence-corrected chi connectivity index (χ1v) is 8.99. The Kier molecular flexibility index (Phi) is 5.47. The van der Waals surface area contributed by atoms with Gasteiger partial charge in [-0.05, 0) is 20.3 Å². The maximum Gasteiger partial charge on any atom is 0.322 e. The molecule has 0 bridgehead atoms. The third-order valence-corrected chi connectivity index (χ3v) is 4.89. The van der Waals surface area contributed by atoms with E-state index in [1.807, 2.05) is 4.57 Å². The first-order valence-electron chi connectivity index (χ1n) is 8.99. The quantitative estimate of drug-likeness (QED) is 0.483. The number of hydrogen-bond acceptors (Lipinski definition) is 10. The molecule has 11 heteroatoms. The number of nitrogens with two attached hydrogens (primary N) is 3. The predicted molar refractivity (Wildman–Crippen MR) is 99.5 cm³/mol. The second-order valence-corrected chi connectivity index (χ2v) is 7.39. The van der Waals surface area contributed by atoms with Crippen LogP contribution in [0.15, 0.2) is 12.5 Å². The molecule has 11 nitrogen and oxygen atoms in total. The van der Waals surface area contributed by atoms with Crippen molar-refractivity contribution in [3.8, 4) is 0 Å².